The van der Waals surface area contributed by atoms with Gasteiger partial charge in [0.1, 0.15) is 11.2 Å². The highest BCUT2D eigenvalue weighted by Gasteiger charge is 2.28. The number of aromatic nitrogens is 2. The molecular formula is C25H30N4O6. The predicted octanol–water partition coefficient (Wildman–Crippen LogP) is 4.78. The van der Waals surface area contributed by atoms with Crippen molar-refractivity contribution in [3.05, 3.63) is 58.3 Å². The average Bonchev–Trinajstić information content (AvgIpc) is 3.15. The number of nitrogens with two attached hydrogens (primary N) is 1. The molecule has 0 aliphatic heterocycles. The van der Waals surface area contributed by atoms with Gasteiger partial charge in [0, 0.05) is 6.54 Å². The fourth-order valence-electron chi connectivity index (χ4n) is 3.60. The summed E-state index contributed by atoms with van der Waals surface area (Å²) in [5.74, 6) is -1.09. The predicted molar refractivity (Wildman–Crippen MR) is 131 cm³/mol. The molecule has 35 heavy (non-hydrogen) atoms. The van der Waals surface area contributed by atoms with Crippen molar-refractivity contribution in [2.24, 2.45) is 5.73 Å². The van der Waals surface area contributed by atoms with Crippen LogP contribution >= 0.6 is 0 Å². The highest BCUT2D eigenvalue weighted by atomic mass is 16.6. The Hall–Kier alpha value is -3.79. The summed E-state index contributed by atoms with van der Waals surface area (Å²) < 4.78 is 11.8. The summed E-state index contributed by atoms with van der Waals surface area (Å²) in [7, 11) is 0. The fourth-order valence-corrected chi connectivity index (χ4v) is 3.60. The first kappa shape index (κ1) is 25.8. The van der Waals surface area contributed by atoms with E-state index in [2.05, 4.69) is 5.10 Å². The van der Waals surface area contributed by atoms with E-state index in [1.807, 2.05) is 0 Å². The van der Waals surface area contributed by atoms with Gasteiger partial charge in [-0.15, -0.1) is 0 Å². The maximum Gasteiger partial charge on any atom is 0.435 e. The Balaban J connectivity index is 2.00. The Morgan fingerprint density at radius 1 is 1.03 bits per heavy atom. The van der Waals surface area contributed by atoms with Crippen LogP contribution in [-0.4, -0.2) is 44.5 Å². The number of fused-ring (bicyclic) bond motifs is 1. The molecule has 0 fully saturated rings. The normalized spacial score (nSPS) is 12.9. The Kier molecular flexibility index (Phi) is 6.98. The second kappa shape index (κ2) is 9.46. The number of ether oxygens (including phenoxy) is 2. The molecule has 0 bridgehead atoms. The SMILES string of the molecule is CC(C)(C)OC(=O)C(CN)c1ccc(-c2ccc3c(cnn3C(=O)OC(C)(C)C)c2[N+](=O)[O-])cc1. The van der Waals surface area contributed by atoms with Gasteiger partial charge < -0.3 is 15.2 Å². The summed E-state index contributed by atoms with van der Waals surface area (Å²) in [6.45, 7) is 10.6. The lowest BCUT2D eigenvalue weighted by atomic mass is 9.95. The zero-order chi connectivity index (χ0) is 26.1. The van der Waals surface area contributed by atoms with E-state index in [1.54, 1.807) is 77.9 Å². The van der Waals surface area contributed by atoms with Gasteiger partial charge in [0.25, 0.3) is 5.69 Å². The smallest absolute Gasteiger partial charge is 0.435 e. The molecule has 10 heteroatoms. The van der Waals surface area contributed by atoms with Gasteiger partial charge in [-0.1, -0.05) is 24.3 Å². The number of benzene rings is 2. The molecule has 1 atom stereocenters. The van der Waals surface area contributed by atoms with Crippen molar-refractivity contribution in [3.8, 4) is 11.1 Å². The van der Waals surface area contributed by atoms with Gasteiger partial charge >= 0.3 is 12.1 Å². The molecule has 2 N–H and O–H groups in total. The zero-order valence-corrected chi connectivity index (χ0v) is 20.7. The minimum atomic E-state index is -0.746. The third-order valence-corrected chi connectivity index (χ3v) is 5.02. The van der Waals surface area contributed by atoms with Crippen molar-refractivity contribution < 1.29 is 24.0 Å². The number of rotatable bonds is 5. The van der Waals surface area contributed by atoms with E-state index in [0.29, 0.717) is 16.7 Å². The van der Waals surface area contributed by atoms with Crippen LogP contribution in [0.1, 0.15) is 53.0 Å². The summed E-state index contributed by atoms with van der Waals surface area (Å²) in [5, 5.41) is 16.3. The number of carbonyl (C=O) groups excluding carboxylic acids is 2. The summed E-state index contributed by atoms with van der Waals surface area (Å²) in [4.78, 5) is 36.6. The molecule has 0 spiro atoms. The van der Waals surface area contributed by atoms with Gasteiger partial charge in [0.15, 0.2) is 0 Å². The lowest BCUT2D eigenvalue weighted by molar-refractivity contribution is -0.382. The Bertz CT molecular complexity index is 1270. The van der Waals surface area contributed by atoms with Crippen molar-refractivity contribution >= 4 is 28.7 Å². The first-order valence-corrected chi connectivity index (χ1v) is 11.1. The molecular weight excluding hydrogens is 452 g/mol. The summed E-state index contributed by atoms with van der Waals surface area (Å²) >= 11 is 0. The summed E-state index contributed by atoms with van der Waals surface area (Å²) in [6, 6.07) is 9.94. The Morgan fingerprint density at radius 2 is 1.63 bits per heavy atom. The maximum atomic E-state index is 12.5. The number of carbonyl (C=O) groups is 2. The standard InChI is InChI=1S/C25H30N4O6/c1-24(2,3)34-22(30)18(13-26)16-9-7-15(8-10-16)17-11-12-20-19(21(17)29(32)33)14-27-28(20)23(31)35-25(4,5)6/h7-12,14,18H,13,26H2,1-6H3. The molecule has 0 saturated carbocycles. The Morgan fingerprint density at radius 3 is 2.14 bits per heavy atom. The number of nitrogens with zero attached hydrogens (tertiary/aromatic N) is 3. The van der Waals surface area contributed by atoms with Crippen LogP contribution in [0.25, 0.3) is 22.0 Å². The Labute approximate surface area is 203 Å². The molecule has 0 aliphatic rings. The quantitative estimate of drug-likeness (QED) is 0.311. The van der Waals surface area contributed by atoms with Gasteiger partial charge in [0.05, 0.1) is 33.5 Å². The van der Waals surface area contributed by atoms with Gasteiger partial charge in [-0.25, -0.2) is 4.79 Å². The van der Waals surface area contributed by atoms with Crippen LogP contribution in [0.3, 0.4) is 0 Å². The second-order valence-corrected chi connectivity index (χ2v) is 10.1. The van der Waals surface area contributed by atoms with Crippen molar-refractivity contribution in [3.63, 3.8) is 0 Å². The molecule has 0 radical (unpaired) electrons. The molecule has 3 aromatic rings. The molecule has 1 unspecified atom stereocenters. The first-order chi connectivity index (χ1) is 16.2. The van der Waals surface area contributed by atoms with Crippen LogP contribution in [-0.2, 0) is 14.3 Å². The number of hydrogen-bond acceptors (Lipinski definition) is 8. The minimum absolute atomic E-state index is 0.0597. The van der Waals surface area contributed by atoms with Crippen molar-refractivity contribution in [1.29, 1.82) is 0 Å². The second-order valence-electron chi connectivity index (χ2n) is 10.1. The van der Waals surface area contributed by atoms with E-state index in [4.69, 9.17) is 15.2 Å². The van der Waals surface area contributed by atoms with Crippen LogP contribution in [0, 0.1) is 10.1 Å². The first-order valence-electron chi connectivity index (χ1n) is 11.1. The van der Waals surface area contributed by atoms with Crippen molar-refractivity contribution in [2.45, 2.75) is 58.7 Å². The van der Waals surface area contributed by atoms with E-state index < -0.39 is 34.1 Å². The molecule has 0 aliphatic carbocycles. The topological polar surface area (TPSA) is 140 Å². The summed E-state index contributed by atoms with van der Waals surface area (Å²) in [6.07, 6.45) is 0.552. The van der Waals surface area contributed by atoms with Crippen LogP contribution < -0.4 is 5.73 Å². The summed E-state index contributed by atoms with van der Waals surface area (Å²) in [5.41, 5.74) is 6.06. The molecule has 186 valence electrons. The fraction of sp³-hybridized carbons (Fsp3) is 0.400. The highest BCUT2D eigenvalue weighted by Crippen LogP contribution is 2.37. The molecule has 3 rings (SSSR count). The number of nitro benzene ring substituents is 1. The monoisotopic (exact) mass is 482 g/mol. The van der Waals surface area contributed by atoms with Crippen LogP contribution in [0.2, 0.25) is 0 Å². The molecule has 1 aromatic heterocycles. The van der Waals surface area contributed by atoms with E-state index in [-0.39, 0.29) is 23.1 Å². The lowest BCUT2D eigenvalue weighted by Gasteiger charge is -2.23. The number of hydrogen-bond donors (Lipinski definition) is 1. The van der Waals surface area contributed by atoms with Crippen molar-refractivity contribution in [1.82, 2.24) is 9.78 Å². The van der Waals surface area contributed by atoms with Crippen molar-refractivity contribution in [2.75, 3.05) is 6.54 Å². The van der Waals surface area contributed by atoms with E-state index in [0.717, 1.165) is 4.68 Å². The van der Waals surface area contributed by atoms with Gasteiger partial charge in [-0.3, -0.25) is 14.9 Å². The zero-order valence-electron chi connectivity index (χ0n) is 20.7. The average molecular weight is 483 g/mol. The molecule has 10 nitrogen and oxygen atoms in total. The molecule has 0 saturated heterocycles. The van der Waals surface area contributed by atoms with Gasteiger partial charge in [0.2, 0.25) is 0 Å². The maximum absolute atomic E-state index is 12.5. The lowest BCUT2D eigenvalue weighted by Crippen LogP contribution is -2.31. The minimum Gasteiger partial charge on any atom is -0.459 e. The number of esters is 1. The number of nitro groups is 1. The van der Waals surface area contributed by atoms with Crippen LogP contribution in [0.4, 0.5) is 10.5 Å². The van der Waals surface area contributed by atoms with E-state index in [1.165, 1.54) is 6.20 Å². The highest BCUT2D eigenvalue weighted by molar-refractivity contribution is 5.99. The van der Waals surface area contributed by atoms with Crippen LogP contribution in [0.15, 0.2) is 42.6 Å². The molecule has 0 amide bonds. The van der Waals surface area contributed by atoms with Crippen LogP contribution in [0.5, 0.6) is 0 Å². The third-order valence-electron chi connectivity index (χ3n) is 5.02. The molecule has 1 heterocycles. The molecule has 2 aromatic carbocycles. The van der Waals surface area contributed by atoms with E-state index >= 15 is 0 Å². The largest absolute Gasteiger partial charge is 0.459 e. The van der Waals surface area contributed by atoms with Gasteiger partial charge in [-0.2, -0.15) is 9.78 Å². The third kappa shape index (κ3) is 5.83. The van der Waals surface area contributed by atoms with Gasteiger partial charge in [-0.05, 0) is 64.8 Å². The van der Waals surface area contributed by atoms with E-state index in [9.17, 15) is 19.7 Å².